The van der Waals surface area contributed by atoms with E-state index in [9.17, 15) is 9.90 Å². The Morgan fingerprint density at radius 2 is 2.00 bits per heavy atom. The Hall–Kier alpha value is -2.57. The van der Waals surface area contributed by atoms with Gasteiger partial charge in [-0.3, -0.25) is 9.78 Å². The van der Waals surface area contributed by atoms with Gasteiger partial charge in [-0.1, -0.05) is 6.07 Å². The van der Waals surface area contributed by atoms with Crippen molar-refractivity contribution in [2.45, 2.75) is 13.2 Å². The molecular formula is C15H14N4O2. The van der Waals surface area contributed by atoms with Crippen molar-refractivity contribution in [1.82, 2.24) is 15.2 Å². The van der Waals surface area contributed by atoms with Crippen molar-refractivity contribution in [1.29, 1.82) is 0 Å². The zero-order valence-corrected chi connectivity index (χ0v) is 11.2. The summed E-state index contributed by atoms with van der Waals surface area (Å²) < 4.78 is 0. The maximum absolute atomic E-state index is 11.8. The van der Waals surface area contributed by atoms with Crippen LogP contribution in [0.3, 0.4) is 0 Å². The largest absolute Gasteiger partial charge is 0.392 e. The minimum Gasteiger partial charge on any atom is -0.392 e. The number of aromatic amines is 1. The molecule has 0 bridgehead atoms. The molecule has 3 aromatic rings. The Bertz CT molecular complexity index is 858. The van der Waals surface area contributed by atoms with Crippen molar-refractivity contribution in [2.24, 2.45) is 5.73 Å². The maximum atomic E-state index is 11.8. The number of H-pyrrole nitrogens is 1. The average Bonchev–Trinajstić information content (AvgIpc) is 2.55. The molecule has 21 heavy (non-hydrogen) atoms. The van der Waals surface area contributed by atoms with E-state index in [0.29, 0.717) is 11.1 Å². The standard InChI is InChI=1S/C15H14N4O2/c16-5-14-13-4-10(1-2-12(13)15(21)19-18-14)11-3-9(8-20)6-17-7-11/h1-4,6-7,20H,5,8,16H2,(H,19,21). The first kappa shape index (κ1) is 13.4. The van der Waals surface area contributed by atoms with Gasteiger partial charge in [0.25, 0.3) is 5.56 Å². The molecule has 4 N–H and O–H groups in total. The number of nitrogens with two attached hydrogens (primary N) is 1. The van der Waals surface area contributed by atoms with E-state index in [1.54, 1.807) is 18.5 Å². The predicted octanol–water partition coefficient (Wildman–Crippen LogP) is 0.936. The molecule has 0 unspecified atom stereocenters. The fourth-order valence-electron chi connectivity index (χ4n) is 2.29. The monoisotopic (exact) mass is 282 g/mol. The number of pyridine rings is 1. The second-order valence-electron chi connectivity index (χ2n) is 4.70. The highest BCUT2D eigenvalue weighted by molar-refractivity contribution is 5.88. The Labute approximate surface area is 120 Å². The van der Waals surface area contributed by atoms with Gasteiger partial charge < -0.3 is 10.8 Å². The molecule has 0 amide bonds. The molecule has 0 aliphatic rings. The minimum absolute atomic E-state index is 0.0658. The van der Waals surface area contributed by atoms with E-state index in [2.05, 4.69) is 15.2 Å². The van der Waals surface area contributed by atoms with Crippen LogP contribution in [0.2, 0.25) is 0 Å². The Balaban J connectivity index is 2.22. The van der Waals surface area contributed by atoms with E-state index >= 15 is 0 Å². The van der Waals surface area contributed by atoms with Crippen LogP contribution in [0.5, 0.6) is 0 Å². The van der Waals surface area contributed by atoms with Crippen molar-refractivity contribution < 1.29 is 5.11 Å². The van der Waals surface area contributed by atoms with Gasteiger partial charge in [-0.25, -0.2) is 5.10 Å². The third-order valence-corrected chi connectivity index (χ3v) is 3.37. The van der Waals surface area contributed by atoms with E-state index in [1.165, 1.54) is 0 Å². The van der Waals surface area contributed by atoms with Gasteiger partial charge in [-0.2, -0.15) is 5.10 Å². The minimum atomic E-state index is -0.240. The van der Waals surface area contributed by atoms with Gasteiger partial charge in [0.15, 0.2) is 0 Å². The second-order valence-corrected chi connectivity index (χ2v) is 4.70. The highest BCUT2D eigenvalue weighted by Crippen LogP contribution is 2.24. The van der Waals surface area contributed by atoms with Crippen LogP contribution in [0, 0.1) is 0 Å². The number of aliphatic hydroxyl groups excluding tert-OH is 1. The second kappa shape index (κ2) is 5.43. The first-order chi connectivity index (χ1) is 10.2. The summed E-state index contributed by atoms with van der Waals surface area (Å²) in [5.41, 5.74) is 8.56. The first-order valence-electron chi connectivity index (χ1n) is 6.49. The van der Waals surface area contributed by atoms with Crippen LogP contribution in [0.25, 0.3) is 21.9 Å². The molecule has 0 atom stereocenters. The first-order valence-corrected chi connectivity index (χ1v) is 6.49. The Kier molecular flexibility index (Phi) is 3.47. The maximum Gasteiger partial charge on any atom is 0.272 e. The number of hydrogen-bond acceptors (Lipinski definition) is 5. The number of hydrogen-bond donors (Lipinski definition) is 3. The van der Waals surface area contributed by atoms with Gasteiger partial charge >= 0.3 is 0 Å². The molecule has 0 spiro atoms. The molecule has 0 saturated carbocycles. The number of aliphatic hydroxyl groups is 1. The molecule has 1 aromatic carbocycles. The molecule has 0 aliphatic heterocycles. The third kappa shape index (κ3) is 2.42. The molecule has 106 valence electrons. The lowest BCUT2D eigenvalue weighted by molar-refractivity contribution is 0.281. The van der Waals surface area contributed by atoms with Crippen molar-refractivity contribution in [3.05, 3.63) is 58.3 Å². The van der Waals surface area contributed by atoms with Crippen molar-refractivity contribution in [2.75, 3.05) is 0 Å². The number of nitrogens with one attached hydrogen (secondary N) is 1. The predicted molar refractivity (Wildman–Crippen MR) is 79.4 cm³/mol. The summed E-state index contributed by atoms with van der Waals surface area (Å²) in [5, 5.41) is 16.9. The quantitative estimate of drug-likeness (QED) is 0.663. The van der Waals surface area contributed by atoms with Crippen LogP contribution in [-0.4, -0.2) is 20.3 Å². The molecule has 0 aliphatic carbocycles. The zero-order valence-electron chi connectivity index (χ0n) is 11.2. The molecule has 2 heterocycles. The number of aromatic nitrogens is 3. The molecule has 6 heteroatoms. The van der Waals surface area contributed by atoms with Gasteiger partial charge in [0.1, 0.15) is 0 Å². The van der Waals surface area contributed by atoms with E-state index in [-0.39, 0.29) is 18.7 Å². The summed E-state index contributed by atoms with van der Waals surface area (Å²) in [4.78, 5) is 15.9. The van der Waals surface area contributed by atoms with Gasteiger partial charge in [0, 0.05) is 29.9 Å². The van der Waals surface area contributed by atoms with Gasteiger partial charge in [-0.05, 0) is 29.3 Å². The van der Waals surface area contributed by atoms with Crippen LogP contribution in [0.15, 0.2) is 41.5 Å². The number of nitrogens with zero attached hydrogens (tertiary/aromatic N) is 2. The highest BCUT2D eigenvalue weighted by atomic mass is 16.3. The zero-order chi connectivity index (χ0) is 14.8. The molecule has 2 aromatic heterocycles. The smallest absolute Gasteiger partial charge is 0.272 e. The van der Waals surface area contributed by atoms with Crippen LogP contribution < -0.4 is 11.3 Å². The molecular weight excluding hydrogens is 268 g/mol. The van der Waals surface area contributed by atoms with E-state index in [4.69, 9.17) is 5.73 Å². The number of benzene rings is 1. The van der Waals surface area contributed by atoms with Crippen molar-refractivity contribution >= 4 is 10.8 Å². The number of fused-ring (bicyclic) bond motifs is 1. The Morgan fingerprint density at radius 3 is 2.76 bits per heavy atom. The lowest BCUT2D eigenvalue weighted by atomic mass is 10.0. The summed E-state index contributed by atoms with van der Waals surface area (Å²) in [6, 6.07) is 7.32. The van der Waals surface area contributed by atoms with E-state index in [1.807, 2.05) is 18.2 Å². The SMILES string of the molecule is NCc1n[nH]c(=O)c2ccc(-c3cncc(CO)c3)cc12. The molecule has 6 nitrogen and oxygen atoms in total. The van der Waals surface area contributed by atoms with Crippen molar-refractivity contribution in [3.63, 3.8) is 0 Å². The summed E-state index contributed by atoms with van der Waals surface area (Å²) in [6.45, 7) is 0.176. The van der Waals surface area contributed by atoms with Gasteiger partial charge in [0.2, 0.25) is 0 Å². The lowest BCUT2D eigenvalue weighted by Gasteiger charge is -2.07. The van der Waals surface area contributed by atoms with E-state index in [0.717, 1.165) is 22.1 Å². The summed E-state index contributed by atoms with van der Waals surface area (Å²) in [7, 11) is 0. The van der Waals surface area contributed by atoms with Gasteiger partial charge in [0.05, 0.1) is 17.7 Å². The third-order valence-electron chi connectivity index (χ3n) is 3.37. The normalized spacial score (nSPS) is 11.0. The van der Waals surface area contributed by atoms with E-state index < -0.39 is 0 Å². The average molecular weight is 282 g/mol. The molecule has 0 fully saturated rings. The fourth-order valence-corrected chi connectivity index (χ4v) is 2.29. The highest BCUT2D eigenvalue weighted by Gasteiger charge is 2.08. The Morgan fingerprint density at radius 1 is 1.14 bits per heavy atom. The lowest BCUT2D eigenvalue weighted by Crippen LogP contribution is -2.13. The van der Waals surface area contributed by atoms with Crippen LogP contribution in [0.1, 0.15) is 11.3 Å². The summed E-state index contributed by atoms with van der Waals surface area (Å²) in [6.07, 6.45) is 3.32. The summed E-state index contributed by atoms with van der Waals surface area (Å²) in [5.74, 6) is 0. The van der Waals surface area contributed by atoms with Crippen LogP contribution >= 0.6 is 0 Å². The fraction of sp³-hybridized carbons (Fsp3) is 0.133. The summed E-state index contributed by atoms with van der Waals surface area (Å²) >= 11 is 0. The van der Waals surface area contributed by atoms with Gasteiger partial charge in [-0.15, -0.1) is 0 Å². The van der Waals surface area contributed by atoms with Crippen LogP contribution in [-0.2, 0) is 13.2 Å². The van der Waals surface area contributed by atoms with Crippen LogP contribution in [0.4, 0.5) is 0 Å². The van der Waals surface area contributed by atoms with Crippen molar-refractivity contribution in [3.8, 4) is 11.1 Å². The molecule has 0 saturated heterocycles. The molecule has 0 radical (unpaired) electrons. The number of rotatable bonds is 3. The molecule has 3 rings (SSSR count). The topological polar surface area (TPSA) is 105 Å².